The summed E-state index contributed by atoms with van der Waals surface area (Å²) in [5, 5.41) is 9.54. The summed E-state index contributed by atoms with van der Waals surface area (Å²) in [7, 11) is 0. The highest BCUT2D eigenvalue weighted by molar-refractivity contribution is 5.17. The third kappa shape index (κ3) is 5.63. The Morgan fingerprint density at radius 3 is 1.64 bits per heavy atom. The Balaban J connectivity index is 2.05. The van der Waals surface area contributed by atoms with Gasteiger partial charge in [-0.05, 0) is 37.8 Å². The molecule has 2 rings (SSSR count). The highest BCUT2D eigenvalue weighted by Crippen LogP contribution is 2.17. The van der Waals surface area contributed by atoms with Crippen LogP contribution in [0.5, 0.6) is 0 Å². The zero-order valence-electron chi connectivity index (χ0n) is 13.7. The fourth-order valence-corrected chi connectivity index (χ4v) is 2.67. The lowest BCUT2D eigenvalue weighted by atomic mass is 10.1. The van der Waals surface area contributed by atoms with Crippen LogP contribution in [0.4, 0.5) is 0 Å². The summed E-state index contributed by atoms with van der Waals surface area (Å²) >= 11 is 0. The molecule has 2 aromatic rings. The van der Waals surface area contributed by atoms with Crippen LogP contribution in [0.2, 0.25) is 0 Å². The topological polar surface area (TPSA) is 23.5 Å². The first-order valence-corrected chi connectivity index (χ1v) is 8.15. The first-order chi connectivity index (χ1) is 10.6. The second-order valence-electron chi connectivity index (χ2n) is 6.15. The number of hydrogen-bond donors (Lipinski definition) is 1. The number of nitrogens with zero attached hydrogens (tertiary/aromatic N) is 1. The Labute approximate surface area is 134 Å². The molecule has 0 bridgehead atoms. The van der Waals surface area contributed by atoms with Crippen LogP contribution in [-0.2, 0) is 13.1 Å². The molecule has 0 amide bonds. The highest BCUT2D eigenvalue weighted by atomic mass is 16.3. The lowest BCUT2D eigenvalue weighted by Crippen LogP contribution is -2.32. The lowest BCUT2D eigenvalue weighted by Gasteiger charge is -2.30. The van der Waals surface area contributed by atoms with Crippen molar-refractivity contribution >= 4 is 0 Å². The van der Waals surface area contributed by atoms with Crippen molar-refractivity contribution in [3.63, 3.8) is 0 Å². The van der Waals surface area contributed by atoms with Crippen LogP contribution >= 0.6 is 0 Å². The Hall–Kier alpha value is -1.64. The van der Waals surface area contributed by atoms with E-state index in [2.05, 4.69) is 72.5 Å². The molecule has 2 nitrogen and oxygen atoms in total. The van der Waals surface area contributed by atoms with Gasteiger partial charge in [-0.15, -0.1) is 0 Å². The van der Waals surface area contributed by atoms with Gasteiger partial charge in [-0.3, -0.25) is 4.90 Å². The second-order valence-corrected chi connectivity index (χ2v) is 6.15. The molecule has 0 saturated carbocycles. The van der Waals surface area contributed by atoms with Crippen molar-refractivity contribution in [2.45, 2.75) is 51.9 Å². The molecule has 2 atom stereocenters. The predicted octanol–water partition coefficient (Wildman–Crippen LogP) is 4.24. The van der Waals surface area contributed by atoms with Crippen molar-refractivity contribution in [1.82, 2.24) is 4.90 Å². The van der Waals surface area contributed by atoms with Crippen LogP contribution in [0.1, 0.15) is 37.8 Å². The molecular formula is C20H27NO. The van der Waals surface area contributed by atoms with Crippen molar-refractivity contribution in [2.24, 2.45) is 0 Å². The summed E-state index contributed by atoms with van der Waals surface area (Å²) in [5.74, 6) is 0. The molecule has 0 heterocycles. The van der Waals surface area contributed by atoms with E-state index >= 15 is 0 Å². The molecule has 0 aromatic heterocycles. The number of aliphatic hydroxyl groups excluding tert-OH is 1. The van der Waals surface area contributed by atoms with Crippen LogP contribution < -0.4 is 0 Å². The molecule has 118 valence electrons. The third-order valence-corrected chi connectivity index (χ3v) is 4.08. The molecule has 0 radical (unpaired) electrons. The Bertz CT molecular complexity index is 482. The average molecular weight is 297 g/mol. The van der Waals surface area contributed by atoms with Crippen molar-refractivity contribution in [3.8, 4) is 0 Å². The van der Waals surface area contributed by atoms with Crippen LogP contribution in [0.25, 0.3) is 0 Å². The van der Waals surface area contributed by atoms with E-state index in [4.69, 9.17) is 0 Å². The van der Waals surface area contributed by atoms with Gasteiger partial charge in [-0.25, -0.2) is 0 Å². The normalized spacial score (nSPS) is 14.0. The fourth-order valence-electron chi connectivity index (χ4n) is 2.67. The van der Waals surface area contributed by atoms with E-state index in [1.807, 2.05) is 6.92 Å². The molecule has 22 heavy (non-hydrogen) atoms. The Morgan fingerprint density at radius 2 is 1.23 bits per heavy atom. The van der Waals surface area contributed by atoms with Crippen LogP contribution in [-0.4, -0.2) is 22.2 Å². The Kier molecular flexibility index (Phi) is 6.63. The maximum Gasteiger partial charge on any atom is 0.0512 e. The molecule has 0 aliphatic heterocycles. The average Bonchev–Trinajstić information content (AvgIpc) is 2.54. The standard InChI is InChI=1S/C20H27NO/c1-17(13-14-18(2)22)21(15-19-9-5-3-6-10-19)16-20-11-7-4-8-12-20/h3-12,17-18,22H,13-16H2,1-2H3. The van der Waals surface area contributed by atoms with Gasteiger partial charge in [0.1, 0.15) is 0 Å². The van der Waals surface area contributed by atoms with Gasteiger partial charge in [0.05, 0.1) is 6.10 Å². The van der Waals surface area contributed by atoms with Crippen molar-refractivity contribution in [1.29, 1.82) is 0 Å². The maximum atomic E-state index is 9.54. The van der Waals surface area contributed by atoms with E-state index < -0.39 is 0 Å². The van der Waals surface area contributed by atoms with Crippen LogP contribution in [0.3, 0.4) is 0 Å². The molecule has 0 spiro atoms. The zero-order valence-corrected chi connectivity index (χ0v) is 13.7. The van der Waals surface area contributed by atoms with E-state index in [0.717, 1.165) is 25.9 Å². The van der Waals surface area contributed by atoms with Gasteiger partial charge in [0.15, 0.2) is 0 Å². The lowest BCUT2D eigenvalue weighted by molar-refractivity contribution is 0.139. The number of hydrogen-bond acceptors (Lipinski definition) is 2. The van der Waals surface area contributed by atoms with E-state index in [0.29, 0.717) is 6.04 Å². The van der Waals surface area contributed by atoms with Gasteiger partial charge in [-0.2, -0.15) is 0 Å². The fraction of sp³-hybridized carbons (Fsp3) is 0.400. The highest BCUT2D eigenvalue weighted by Gasteiger charge is 2.15. The number of rotatable bonds is 8. The summed E-state index contributed by atoms with van der Waals surface area (Å²) in [6, 6.07) is 21.6. The van der Waals surface area contributed by atoms with E-state index in [-0.39, 0.29) is 6.10 Å². The second kappa shape index (κ2) is 8.72. The van der Waals surface area contributed by atoms with Crippen molar-refractivity contribution in [3.05, 3.63) is 71.8 Å². The third-order valence-electron chi connectivity index (χ3n) is 4.08. The zero-order chi connectivity index (χ0) is 15.8. The minimum atomic E-state index is -0.224. The first-order valence-electron chi connectivity index (χ1n) is 8.15. The molecule has 0 saturated heterocycles. The van der Waals surface area contributed by atoms with Gasteiger partial charge < -0.3 is 5.11 Å². The van der Waals surface area contributed by atoms with Crippen LogP contribution in [0, 0.1) is 0 Å². The van der Waals surface area contributed by atoms with E-state index in [1.165, 1.54) is 11.1 Å². The first kappa shape index (κ1) is 16.7. The van der Waals surface area contributed by atoms with Gasteiger partial charge in [0.2, 0.25) is 0 Å². The number of benzene rings is 2. The monoisotopic (exact) mass is 297 g/mol. The van der Waals surface area contributed by atoms with Gasteiger partial charge in [0.25, 0.3) is 0 Å². The molecule has 2 unspecified atom stereocenters. The molecule has 0 fully saturated rings. The molecule has 2 heteroatoms. The van der Waals surface area contributed by atoms with Crippen LogP contribution in [0.15, 0.2) is 60.7 Å². The SMILES string of the molecule is CC(O)CCC(C)N(Cc1ccccc1)Cc1ccccc1. The summed E-state index contributed by atoms with van der Waals surface area (Å²) < 4.78 is 0. The minimum absolute atomic E-state index is 0.224. The summed E-state index contributed by atoms with van der Waals surface area (Å²) in [6.07, 6.45) is 1.64. The molecule has 0 aliphatic carbocycles. The number of aliphatic hydroxyl groups is 1. The van der Waals surface area contributed by atoms with Crippen molar-refractivity contribution < 1.29 is 5.11 Å². The summed E-state index contributed by atoms with van der Waals surface area (Å²) in [4.78, 5) is 2.49. The Morgan fingerprint density at radius 1 is 0.773 bits per heavy atom. The maximum absolute atomic E-state index is 9.54. The largest absolute Gasteiger partial charge is 0.393 e. The quantitative estimate of drug-likeness (QED) is 0.788. The minimum Gasteiger partial charge on any atom is -0.393 e. The summed E-state index contributed by atoms with van der Waals surface area (Å²) in [5.41, 5.74) is 2.67. The molecular weight excluding hydrogens is 270 g/mol. The van der Waals surface area contributed by atoms with Crippen molar-refractivity contribution in [2.75, 3.05) is 0 Å². The van der Waals surface area contributed by atoms with Gasteiger partial charge in [0, 0.05) is 19.1 Å². The van der Waals surface area contributed by atoms with E-state index in [1.54, 1.807) is 0 Å². The smallest absolute Gasteiger partial charge is 0.0512 e. The van der Waals surface area contributed by atoms with Gasteiger partial charge in [-0.1, -0.05) is 60.7 Å². The molecule has 1 N–H and O–H groups in total. The van der Waals surface area contributed by atoms with Gasteiger partial charge >= 0.3 is 0 Å². The molecule has 0 aliphatic rings. The van der Waals surface area contributed by atoms with E-state index in [9.17, 15) is 5.11 Å². The summed E-state index contributed by atoms with van der Waals surface area (Å²) in [6.45, 7) is 6.01. The predicted molar refractivity (Wildman–Crippen MR) is 92.5 cm³/mol. The molecule has 2 aromatic carbocycles.